The van der Waals surface area contributed by atoms with Gasteiger partial charge in [-0.1, -0.05) is 47.5 Å². The van der Waals surface area contributed by atoms with Crippen molar-refractivity contribution >= 4 is 29.5 Å². The minimum absolute atomic E-state index is 0.00106. The number of nitrogens with one attached hydrogen (secondary N) is 5. The summed E-state index contributed by atoms with van der Waals surface area (Å²) in [6, 6.07) is 1.54. The van der Waals surface area contributed by atoms with Crippen LogP contribution in [0.1, 0.15) is 83.7 Å². The van der Waals surface area contributed by atoms with Crippen LogP contribution in [0.3, 0.4) is 0 Å². The Labute approximate surface area is 305 Å². The Hall–Kier alpha value is -4.66. The highest BCUT2D eigenvalue weighted by atomic mass is 19.1. The van der Waals surface area contributed by atoms with Crippen LogP contribution in [0.15, 0.2) is 42.7 Å². The summed E-state index contributed by atoms with van der Waals surface area (Å²) in [6.45, 7) is 12.9. The number of likely N-dealkylation sites (N-methyl/N-ethyl adjacent to an activating group) is 2. The predicted molar refractivity (Wildman–Crippen MR) is 191 cm³/mol. The fraction of sp³-hybridized carbons (Fsp3) is 0.568. The first-order chi connectivity index (χ1) is 24.5. The molecular weight excluding hydrogens is 676 g/mol. The van der Waals surface area contributed by atoms with Crippen molar-refractivity contribution in [3.63, 3.8) is 0 Å². The van der Waals surface area contributed by atoms with Crippen LogP contribution < -0.4 is 31.3 Å². The zero-order valence-corrected chi connectivity index (χ0v) is 31.5. The number of hydrogen-bond donors (Lipinski definition) is 6. The highest BCUT2D eigenvalue weighted by molar-refractivity contribution is 5.98. The Morgan fingerprint density at radius 1 is 0.846 bits per heavy atom. The van der Waals surface area contributed by atoms with Gasteiger partial charge in [-0.25, -0.2) is 8.78 Å². The number of amides is 5. The zero-order valence-electron chi connectivity index (χ0n) is 31.5. The van der Waals surface area contributed by atoms with Crippen LogP contribution in [0.2, 0.25) is 0 Å². The first-order valence-electron chi connectivity index (χ1n) is 17.9. The average molecular weight is 733 g/mol. The minimum atomic E-state index is -0.975. The molecule has 0 aliphatic heterocycles. The molecule has 3 unspecified atom stereocenters. The van der Waals surface area contributed by atoms with Gasteiger partial charge in [0.25, 0.3) is 5.91 Å². The normalized spacial score (nSPS) is 14.7. The van der Waals surface area contributed by atoms with Gasteiger partial charge in [-0.3, -0.25) is 29.2 Å². The van der Waals surface area contributed by atoms with Crippen LogP contribution in [0, 0.1) is 23.5 Å². The monoisotopic (exact) mass is 732 g/mol. The lowest BCUT2D eigenvalue weighted by Gasteiger charge is -2.34. The fourth-order valence-corrected chi connectivity index (χ4v) is 5.62. The van der Waals surface area contributed by atoms with Gasteiger partial charge >= 0.3 is 0 Å². The summed E-state index contributed by atoms with van der Waals surface area (Å²) in [5.41, 5.74) is 0.495. The summed E-state index contributed by atoms with van der Waals surface area (Å²) in [4.78, 5) is 67.9. The van der Waals surface area contributed by atoms with E-state index in [1.54, 1.807) is 13.8 Å². The molecule has 0 aliphatic rings. The van der Waals surface area contributed by atoms with Crippen molar-refractivity contribution in [2.24, 2.45) is 11.8 Å². The van der Waals surface area contributed by atoms with E-state index in [0.717, 1.165) is 22.9 Å². The molecule has 1 aromatic heterocycles. The number of rotatable bonds is 20. The second kappa shape index (κ2) is 21.0. The Kier molecular flexibility index (Phi) is 17.6. The highest BCUT2D eigenvalue weighted by Crippen LogP contribution is 2.17. The van der Waals surface area contributed by atoms with Crippen LogP contribution in [0.25, 0.3) is 0 Å². The zero-order chi connectivity index (χ0) is 39.1. The van der Waals surface area contributed by atoms with E-state index in [0.29, 0.717) is 19.4 Å². The lowest BCUT2D eigenvalue weighted by molar-refractivity contribution is -0.904. The van der Waals surface area contributed by atoms with Gasteiger partial charge in [-0.2, -0.15) is 0 Å². The molecule has 0 radical (unpaired) electrons. The largest absolute Gasteiger partial charge is 0.355 e. The molecule has 1 heterocycles. The molecule has 0 saturated carbocycles. The Morgan fingerprint density at radius 2 is 1.46 bits per heavy atom. The van der Waals surface area contributed by atoms with Gasteiger partial charge in [0.2, 0.25) is 36.0 Å². The second-order valence-corrected chi connectivity index (χ2v) is 13.5. The van der Waals surface area contributed by atoms with Crippen LogP contribution in [0.4, 0.5) is 8.78 Å². The standard InChI is InChI=1S/C37H55F2N7O6/c1-9-12-30(45(8)37(51)32(23(6)10-2)44-34(48)26-13-15-46(52)16-14-26)35(49)42-29(19-25-17-27(38)20-28(39)18-25)21-41-24(7)33(47)43-31(22(4)5)36(50)40-11-3/h13-18,20,22-24,29-32,41H,9-12,19,21H2,1-8H3,(H4-,40,42,43,44,47,48,49,50,52)/p+1/t23-,24-,29?,30-,31?,32?/m0/s1. The topological polar surface area (TPSA) is 173 Å². The lowest BCUT2D eigenvalue weighted by atomic mass is 9.96. The van der Waals surface area contributed by atoms with Crippen LogP contribution in [-0.2, 0) is 25.6 Å². The molecule has 52 heavy (non-hydrogen) atoms. The fourth-order valence-electron chi connectivity index (χ4n) is 5.62. The molecule has 5 amide bonds. The predicted octanol–water partition coefficient (Wildman–Crippen LogP) is 2.24. The number of nitrogens with zero attached hydrogens (tertiary/aromatic N) is 2. The van der Waals surface area contributed by atoms with Crippen molar-refractivity contribution in [2.45, 2.75) is 104 Å². The molecule has 2 rings (SSSR count). The third kappa shape index (κ3) is 13.1. The van der Waals surface area contributed by atoms with E-state index in [1.807, 2.05) is 34.6 Å². The first kappa shape index (κ1) is 43.5. The van der Waals surface area contributed by atoms with Gasteiger partial charge in [-0.05, 0) is 56.2 Å². The van der Waals surface area contributed by atoms with Crippen molar-refractivity contribution in [1.29, 1.82) is 0 Å². The third-order valence-corrected chi connectivity index (χ3v) is 8.93. The van der Waals surface area contributed by atoms with Crippen LogP contribution >= 0.6 is 0 Å². The van der Waals surface area contributed by atoms with E-state index < -0.39 is 65.5 Å². The molecule has 1 aromatic carbocycles. The molecular formula is C37H56F2N7O6+. The van der Waals surface area contributed by atoms with Crippen molar-refractivity contribution in [3.8, 4) is 0 Å². The number of aromatic nitrogens is 1. The highest BCUT2D eigenvalue weighted by Gasteiger charge is 2.35. The van der Waals surface area contributed by atoms with Gasteiger partial charge in [0.1, 0.15) is 29.8 Å². The molecule has 15 heteroatoms. The summed E-state index contributed by atoms with van der Waals surface area (Å²) >= 11 is 0. The van der Waals surface area contributed by atoms with Crippen molar-refractivity contribution in [3.05, 3.63) is 65.5 Å². The maximum absolute atomic E-state index is 14.2. The molecule has 0 fully saturated rings. The number of hydrogen-bond acceptors (Lipinski definition) is 7. The van der Waals surface area contributed by atoms with Crippen molar-refractivity contribution in [2.75, 3.05) is 20.1 Å². The van der Waals surface area contributed by atoms with Gasteiger partial charge in [0.05, 0.1) is 11.6 Å². The molecule has 288 valence electrons. The van der Waals surface area contributed by atoms with E-state index in [-0.39, 0.29) is 48.3 Å². The van der Waals surface area contributed by atoms with Crippen molar-refractivity contribution in [1.82, 2.24) is 31.5 Å². The number of pyridine rings is 1. The molecule has 0 saturated heterocycles. The first-order valence-corrected chi connectivity index (χ1v) is 17.9. The molecule has 0 spiro atoms. The molecule has 0 aliphatic carbocycles. The smallest absolute Gasteiger partial charge is 0.252 e. The van der Waals surface area contributed by atoms with Crippen molar-refractivity contribution < 1.29 is 42.7 Å². The van der Waals surface area contributed by atoms with E-state index in [1.165, 1.54) is 36.5 Å². The number of carbonyl (C=O) groups excluding carboxylic acids is 5. The summed E-state index contributed by atoms with van der Waals surface area (Å²) in [6.07, 6.45) is 3.91. The Morgan fingerprint density at radius 3 is 2.00 bits per heavy atom. The van der Waals surface area contributed by atoms with Gasteiger partial charge < -0.3 is 31.5 Å². The summed E-state index contributed by atoms with van der Waals surface area (Å²) in [5, 5.41) is 23.8. The quantitative estimate of drug-likeness (QED) is 0.0896. The molecule has 13 nitrogen and oxygen atoms in total. The maximum atomic E-state index is 14.2. The lowest BCUT2D eigenvalue weighted by Crippen LogP contribution is -2.58. The number of halogens is 2. The summed E-state index contributed by atoms with van der Waals surface area (Å²) in [7, 11) is 1.49. The SMILES string of the molecule is CCC[C@@H](C(=O)NC(CN[C@@H](C)C(=O)NC(C(=O)NCC)C(C)C)Cc1cc(F)cc(F)c1)N(C)C(=O)C(NC(=O)c1cc[n+](O)cc1)[C@@H](C)CC. The molecule has 6 atom stereocenters. The second-order valence-electron chi connectivity index (χ2n) is 13.5. The van der Waals surface area contributed by atoms with E-state index in [4.69, 9.17) is 0 Å². The minimum Gasteiger partial charge on any atom is -0.355 e. The van der Waals surface area contributed by atoms with Crippen LogP contribution in [-0.4, -0.2) is 90.0 Å². The van der Waals surface area contributed by atoms with E-state index in [2.05, 4.69) is 26.6 Å². The van der Waals surface area contributed by atoms with Crippen LogP contribution in [0.5, 0.6) is 0 Å². The number of benzene rings is 1. The van der Waals surface area contributed by atoms with E-state index in [9.17, 15) is 38.0 Å². The third-order valence-electron chi connectivity index (χ3n) is 8.93. The molecule has 2 aromatic rings. The average Bonchev–Trinajstić information content (AvgIpc) is 3.09. The van der Waals surface area contributed by atoms with E-state index >= 15 is 0 Å². The van der Waals surface area contributed by atoms with Gasteiger partial charge in [-0.15, -0.1) is 0 Å². The summed E-state index contributed by atoms with van der Waals surface area (Å²) < 4.78 is 29.1. The summed E-state index contributed by atoms with van der Waals surface area (Å²) in [5.74, 6) is -4.37. The van der Waals surface area contributed by atoms with Gasteiger partial charge in [0, 0.05) is 49.1 Å². The number of carbonyl (C=O) groups is 5. The molecule has 0 bridgehead atoms. The van der Waals surface area contributed by atoms with Gasteiger partial charge in [0.15, 0.2) is 0 Å². The maximum Gasteiger partial charge on any atom is 0.252 e. The molecule has 6 N–H and O–H groups in total. The Bertz CT molecular complexity index is 1490. The Balaban J connectivity index is 2.31.